The van der Waals surface area contributed by atoms with Crippen LogP contribution in [0.1, 0.15) is 19.9 Å². The molecular formula is C39H34GeIrN4S-2. The van der Waals surface area contributed by atoms with Crippen LogP contribution in [0.2, 0.25) is 17.3 Å². The smallest absolute Gasteiger partial charge is 0 e. The predicted molar refractivity (Wildman–Crippen MR) is 194 cm³/mol. The van der Waals surface area contributed by atoms with Crippen LogP contribution < -0.4 is 4.40 Å². The number of nitrogens with zero attached hydrogens (tertiary/aromatic N) is 4. The van der Waals surface area contributed by atoms with E-state index < -0.39 is 13.3 Å². The number of hydrogen-bond donors (Lipinski definition) is 0. The second-order valence-corrected chi connectivity index (χ2v) is 24.2. The van der Waals surface area contributed by atoms with Crippen LogP contribution in [-0.4, -0.2) is 32.8 Å². The number of thiophene rings is 1. The van der Waals surface area contributed by atoms with E-state index in [1.165, 1.54) is 36.2 Å². The summed E-state index contributed by atoms with van der Waals surface area (Å²) in [5.74, 6) is 8.12. The Morgan fingerprint density at radius 3 is 2.30 bits per heavy atom. The molecule has 8 rings (SSSR count). The van der Waals surface area contributed by atoms with Gasteiger partial charge in [-0.3, -0.25) is 4.98 Å². The molecule has 0 N–H and O–H groups in total. The average molecular weight is 856 g/mol. The Hall–Kier alpha value is -3.68. The summed E-state index contributed by atoms with van der Waals surface area (Å²) in [6.45, 7) is 4.43. The minimum atomic E-state index is -1.72. The Morgan fingerprint density at radius 1 is 0.761 bits per heavy atom. The van der Waals surface area contributed by atoms with E-state index in [2.05, 4.69) is 118 Å². The molecule has 231 valence electrons. The number of hydrogen-bond acceptors (Lipinski definition) is 4. The summed E-state index contributed by atoms with van der Waals surface area (Å²) in [5, 5.41) is 4.82. The fraction of sp³-hybridized carbons (Fsp3) is 0.154. The van der Waals surface area contributed by atoms with Crippen LogP contribution in [0.25, 0.3) is 64.8 Å². The van der Waals surface area contributed by atoms with E-state index in [4.69, 9.17) is 4.98 Å². The van der Waals surface area contributed by atoms with Crippen molar-refractivity contribution in [1.29, 1.82) is 0 Å². The van der Waals surface area contributed by atoms with Gasteiger partial charge in [0.25, 0.3) is 0 Å². The Balaban J connectivity index is 0.000000187. The zero-order valence-corrected chi connectivity index (χ0v) is 31.8. The maximum absolute atomic E-state index is 5.17. The summed E-state index contributed by atoms with van der Waals surface area (Å²) in [6, 6.07) is 40.4. The Morgan fingerprint density at radius 2 is 1.57 bits per heavy atom. The van der Waals surface area contributed by atoms with Gasteiger partial charge in [0.05, 0.1) is 16.9 Å². The Labute approximate surface area is 290 Å². The molecule has 0 saturated heterocycles. The van der Waals surface area contributed by atoms with Crippen molar-refractivity contribution >= 4 is 71.1 Å². The Bertz CT molecular complexity index is 2280. The van der Waals surface area contributed by atoms with Gasteiger partial charge in [-0.25, -0.2) is 4.98 Å². The summed E-state index contributed by atoms with van der Waals surface area (Å²) in [5.41, 5.74) is 5.35. The second-order valence-electron chi connectivity index (χ2n) is 12.6. The van der Waals surface area contributed by atoms with E-state index >= 15 is 0 Å². The fourth-order valence-electron chi connectivity index (χ4n) is 5.82. The van der Waals surface area contributed by atoms with Crippen LogP contribution in [0.3, 0.4) is 0 Å². The minimum absolute atomic E-state index is 0. The molecule has 0 aliphatic heterocycles. The molecule has 0 unspecified atom stereocenters. The molecule has 0 aliphatic carbocycles. The van der Waals surface area contributed by atoms with E-state index in [9.17, 15) is 0 Å². The standard InChI is InChI=1S/C25H18N3S.C14H16GeN.Ir/c1-15(2)28-21-13-12-16-7-3-4-8-17(16)22(21)27-24(28)20-10-5-9-18-19-11-6-14-26-25(19)29-23(18)20;1-15(2,3)13-9-10-14(16-11-13)12-7-5-4-6-8-12;/h3-9,11-15H,1-2H3;4-7,9-11H,1-3H3;/q2*-1;. The van der Waals surface area contributed by atoms with E-state index in [1.807, 2.05) is 48.8 Å². The van der Waals surface area contributed by atoms with E-state index in [0.717, 1.165) is 33.0 Å². The summed E-state index contributed by atoms with van der Waals surface area (Å²) in [6.07, 6.45) is 3.90. The third-order valence-corrected chi connectivity index (χ3v) is 13.6. The molecule has 0 aliphatic rings. The monoisotopic (exact) mass is 857 g/mol. The van der Waals surface area contributed by atoms with Crippen LogP contribution in [0.5, 0.6) is 0 Å². The molecule has 0 atom stereocenters. The average Bonchev–Trinajstić information content (AvgIpc) is 3.65. The Kier molecular flexibility index (Phi) is 9.27. The maximum Gasteiger partial charge on any atom is 0 e. The van der Waals surface area contributed by atoms with Crippen molar-refractivity contribution in [3.8, 4) is 22.6 Å². The van der Waals surface area contributed by atoms with Crippen molar-refractivity contribution in [3.63, 3.8) is 0 Å². The normalized spacial score (nSPS) is 11.6. The van der Waals surface area contributed by atoms with Gasteiger partial charge in [0.15, 0.2) is 0 Å². The van der Waals surface area contributed by atoms with Crippen LogP contribution in [-0.2, 0) is 20.1 Å². The SMILES string of the molecule is CC(C)n1c(-c2[c-]ccc3c2sc2ncccc23)nc2c3ccccc3ccc21.[CH3][Ge]([CH3])([CH3])[c]1ccc(-c2[c-]cccc2)nc1.[Ir]. The number of imidazole rings is 1. The first-order valence-corrected chi connectivity index (χ1v) is 23.5. The number of fused-ring (bicyclic) bond motifs is 6. The largest absolute Gasteiger partial charge is 0 e. The van der Waals surface area contributed by atoms with E-state index in [-0.39, 0.29) is 26.1 Å². The first-order chi connectivity index (χ1) is 21.8. The summed E-state index contributed by atoms with van der Waals surface area (Å²) in [7, 11) is 0. The first kappa shape index (κ1) is 32.3. The van der Waals surface area contributed by atoms with E-state index in [1.54, 1.807) is 11.3 Å². The van der Waals surface area contributed by atoms with Gasteiger partial charge in [0, 0.05) is 37.7 Å². The van der Waals surface area contributed by atoms with Crippen molar-refractivity contribution in [2.45, 2.75) is 37.2 Å². The maximum atomic E-state index is 5.17. The summed E-state index contributed by atoms with van der Waals surface area (Å²) in [4.78, 5) is 15.3. The van der Waals surface area contributed by atoms with Gasteiger partial charge in [-0.1, -0.05) is 47.3 Å². The molecule has 0 bridgehead atoms. The molecule has 4 aromatic heterocycles. The molecule has 8 aromatic rings. The molecule has 4 nitrogen and oxygen atoms in total. The van der Waals surface area contributed by atoms with Gasteiger partial charge in [-0.05, 0) is 41.5 Å². The molecule has 0 amide bonds. The van der Waals surface area contributed by atoms with Crippen LogP contribution in [0.15, 0.2) is 109 Å². The van der Waals surface area contributed by atoms with Gasteiger partial charge < -0.3 is 4.57 Å². The van der Waals surface area contributed by atoms with Crippen LogP contribution in [0.4, 0.5) is 0 Å². The topological polar surface area (TPSA) is 43.6 Å². The third-order valence-electron chi connectivity index (χ3n) is 8.15. The van der Waals surface area contributed by atoms with Crippen LogP contribution >= 0.6 is 11.3 Å². The minimum Gasteiger partial charge on any atom is 0 e. The number of rotatable bonds is 4. The number of benzene rings is 4. The molecule has 46 heavy (non-hydrogen) atoms. The van der Waals surface area contributed by atoms with Gasteiger partial charge in [-0.15, -0.1) is 18.2 Å². The van der Waals surface area contributed by atoms with E-state index in [0.29, 0.717) is 0 Å². The molecule has 0 saturated carbocycles. The van der Waals surface area contributed by atoms with Gasteiger partial charge in [0.2, 0.25) is 0 Å². The molecule has 7 heteroatoms. The molecular weight excluding hydrogens is 821 g/mol. The van der Waals surface area contributed by atoms with Crippen molar-refractivity contribution < 1.29 is 20.1 Å². The molecule has 0 spiro atoms. The van der Waals surface area contributed by atoms with Crippen molar-refractivity contribution in [1.82, 2.24) is 19.5 Å². The fourth-order valence-corrected chi connectivity index (χ4v) is 9.13. The molecule has 4 heterocycles. The van der Waals surface area contributed by atoms with Crippen molar-refractivity contribution in [2.75, 3.05) is 0 Å². The molecule has 0 fully saturated rings. The zero-order valence-electron chi connectivity index (χ0n) is 26.5. The first-order valence-electron chi connectivity index (χ1n) is 15.3. The molecule has 1 radical (unpaired) electrons. The van der Waals surface area contributed by atoms with Gasteiger partial charge >= 0.3 is 99.8 Å². The number of aromatic nitrogens is 4. The quantitative estimate of drug-likeness (QED) is 0.131. The van der Waals surface area contributed by atoms with Gasteiger partial charge in [0.1, 0.15) is 4.83 Å². The number of pyridine rings is 2. The van der Waals surface area contributed by atoms with Crippen LogP contribution in [0, 0.1) is 12.1 Å². The predicted octanol–water partition coefficient (Wildman–Crippen LogP) is 10.1. The second kappa shape index (κ2) is 13.2. The van der Waals surface area contributed by atoms with Gasteiger partial charge in [-0.2, -0.15) is 11.3 Å². The third kappa shape index (κ3) is 6.07. The van der Waals surface area contributed by atoms with Crippen molar-refractivity contribution in [2.24, 2.45) is 0 Å². The molecule has 4 aromatic carbocycles. The summed E-state index contributed by atoms with van der Waals surface area (Å²) < 4.78 is 4.98. The zero-order chi connectivity index (χ0) is 31.1. The van der Waals surface area contributed by atoms with Crippen molar-refractivity contribution in [3.05, 3.63) is 122 Å². The summed E-state index contributed by atoms with van der Waals surface area (Å²) >= 11 is 0.00549.